The second kappa shape index (κ2) is 6.33. The lowest BCUT2D eigenvalue weighted by atomic mass is 10.2. The van der Waals surface area contributed by atoms with Crippen LogP contribution in [0.2, 0.25) is 0 Å². The van der Waals surface area contributed by atoms with Crippen LogP contribution in [0.5, 0.6) is 0 Å². The van der Waals surface area contributed by atoms with Gasteiger partial charge in [0.2, 0.25) is 0 Å². The van der Waals surface area contributed by atoms with Gasteiger partial charge in [-0.3, -0.25) is 4.79 Å². The van der Waals surface area contributed by atoms with Gasteiger partial charge >= 0.3 is 5.97 Å². The molecule has 2 rings (SSSR count). The summed E-state index contributed by atoms with van der Waals surface area (Å²) >= 11 is 0. The zero-order valence-corrected chi connectivity index (χ0v) is 10.8. The Balaban J connectivity index is 1.95. The van der Waals surface area contributed by atoms with Gasteiger partial charge in [0.15, 0.2) is 0 Å². The summed E-state index contributed by atoms with van der Waals surface area (Å²) in [7, 11) is 0. The van der Waals surface area contributed by atoms with E-state index in [1.165, 1.54) is 12.1 Å². The number of carbonyl (C=O) groups is 1. The minimum absolute atomic E-state index is 0.112. The molecule has 0 atom stereocenters. The average molecular weight is 265 g/mol. The summed E-state index contributed by atoms with van der Waals surface area (Å²) < 4.78 is 24.9. The Kier molecular flexibility index (Phi) is 4.52. The van der Waals surface area contributed by atoms with Crippen molar-refractivity contribution >= 4 is 16.9 Å². The van der Waals surface area contributed by atoms with Crippen LogP contribution in [0.4, 0.5) is 4.39 Å². The molecule has 1 aromatic heterocycles. The summed E-state index contributed by atoms with van der Waals surface area (Å²) in [6, 6.07) is 6.23. The lowest BCUT2D eigenvalue weighted by molar-refractivity contribution is -0.145. The number of halogens is 1. The monoisotopic (exact) mass is 265 g/mol. The van der Waals surface area contributed by atoms with Gasteiger partial charge in [-0.05, 0) is 31.2 Å². The Morgan fingerprint density at radius 1 is 1.32 bits per heavy atom. The van der Waals surface area contributed by atoms with Gasteiger partial charge in [0.25, 0.3) is 0 Å². The van der Waals surface area contributed by atoms with E-state index in [0.29, 0.717) is 13.2 Å². The Morgan fingerprint density at radius 3 is 2.95 bits per heavy atom. The van der Waals surface area contributed by atoms with Crippen molar-refractivity contribution in [3.63, 3.8) is 0 Å². The highest BCUT2D eigenvalue weighted by molar-refractivity contribution is 5.82. The Labute approximate surface area is 110 Å². The number of hydrogen-bond acceptors (Lipinski definition) is 3. The summed E-state index contributed by atoms with van der Waals surface area (Å²) in [5.41, 5.74) is 0.808. The number of fused-ring (bicyclic) bond motifs is 1. The molecule has 1 heterocycles. The van der Waals surface area contributed by atoms with Crippen molar-refractivity contribution in [2.45, 2.75) is 13.5 Å². The van der Waals surface area contributed by atoms with Gasteiger partial charge in [-0.2, -0.15) is 0 Å². The maximum atomic E-state index is 13.0. The van der Waals surface area contributed by atoms with E-state index in [2.05, 4.69) is 0 Å². The van der Waals surface area contributed by atoms with Gasteiger partial charge < -0.3 is 14.0 Å². The molecular weight excluding hydrogens is 249 g/mol. The van der Waals surface area contributed by atoms with E-state index in [9.17, 15) is 9.18 Å². The molecule has 5 heteroatoms. The highest BCUT2D eigenvalue weighted by atomic mass is 19.1. The number of nitrogens with zero attached hydrogens (tertiary/aromatic N) is 1. The van der Waals surface area contributed by atoms with Gasteiger partial charge in [0.05, 0.1) is 6.61 Å². The van der Waals surface area contributed by atoms with Gasteiger partial charge in [0, 0.05) is 23.7 Å². The molecule has 0 N–H and O–H groups in total. The predicted molar refractivity (Wildman–Crippen MR) is 69.3 cm³/mol. The van der Waals surface area contributed by atoms with Crippen molar-refractivity contribution in [1.29, 1.82) is 0 Å². The van der Waals surface area contributed by atoms with Crippen LogP contribution in [0.3, 0.4) is 0 Å². The summed E-state index contributed by atoms with van der Waals surface area (Å²) in [6.07, 6.45) is 1.74. The van der Waals surface area contributed by atoms with E-state index in [1.54, 1.807) is 22.9 Å². The van der Waals surface area contributed by atoms with Crippen LogP contribution in [-0.4, -0.2) is 30.4 Å². The van der Waals surface area contributed by atoms with E-state index in [1.807, 2.05) is 6.92 Å². The summed E-state index contributed by atoms with van der Waals surface area (Å²) in [6.45, 7) is 3.25. The van der Waals surface area contributed by atoms with Crippen molar-refractivity contribution < 1.29 is 18.7 Å². The van der Waals surface area contributed by atoms with Crippen molar-refractivity contribution in [1.82, 2.24) is 4.57 Å². The molecule has 0 amide bonds. The van der Waals surface area contributed by atoms with Crippen molar-refractivity contribution in [2.24, 2.45) is 0 Å². The molecule has 0 aliphatic heterocycles. The molecule has 0 saturated carbocycles. The van der Waals surface area contributed by atoms with Crippen molar-refractivity contribution in [3.05, 3.63) is 36.3 Å². The number of esters is 1. The maximum absolute atomic E-state index is 13.0. The summed E-state index contributed by atoms with van der Waals surface area (Å²) in [5.74, 6) is -0.619. The van der Waals surface area contributed by atoms with Gasteiger partial charge in [-0.15, -0.1) is 0 Å². The molecule has 102 valence electrons. The van der Waals surface area contributed by atoms with Crippen LogP contribution in [-0.2, 0) is 20.8 Å². The number of carbonyl (C=O) groups excluding carboxylic acids is 1. The maximum Gasteiger partial charge on any atom is 0.326 e. The third-order valence-electron chi connectivity index (χ3n) is 2.73. The molecule has 0 radical (unpaired) electrons. The third-order valence-corrected chi connectivity index (χ3v) is 2.73. The molecule has 0 bridgehead atoms. The highest BCUT2D eigenvalue weighted by Crippen LogP contribution is 2.17. The van der Waals surface area contributed by atoms with E-state index in [-0.39, 0.29) is 24.9 Å². The number of benzene rings is 1. The highest BCUT2D eigenvalue weighted by Gasteiger charge is 2.07. The molecule has 0 aliphatic carbocycles. The molecule has 0 saturated heterocycles. The molecule has 4 nitrogen and oxygen atoms in total. The number of hydrogen-bond donors (Lipinski definition) is 0. The SMILES string of the molecule is CCOCCOC(=O)Cn1ccc2cc(F)ccc21. The topological polar surface area (TPSA) is 40.5 Å². The quantitative estimate of drug-likeness (QED) is 0.594. The Morgan fingerprint density at radius 2 is 2.16 bits per heavy atom. The van der Waals surface area contributed by atoms with Crippen LogP contribution in [0.15, 0.2) is 30.5 Å². The first-order chi connectivity index (χ1) is 9.20. The van der Waals surface area contributed by atoms with E-state index < -0.39 is 0 Å². The normalized spacial score (nSPS) is 10.8. The van der Waals surface area contributed by atoms with E-state index >= 15 is 0 Å². The van der Waals surface area contributed by atoms with Crippen LogP contribution in [0, 0.1) is 5.82 Å². The molecular formula is C14H16FNO3. The smallest absolute Gasteiger partial charge is 0.326 e. The molecule has 0 spiro atoms. The van der Waals surface area contributed by atoms with E-state index in [0.717, 1.165) is 10.9 Å². The number of aromatic nitrogens is 1. The first-order valence-electron chi connectivity index (χ1n) is 6.18. The van der Waals surface area contributed by atoms with Crippen LogP contribution >= 0.6 is 0 Å². The second-order valence-corrected chi connectivity index (χ2v) is 4.06. The van der Waals surface area contributed by atoms with Gasteiger partial charge in [0.1, 0.15) is 19.0 Å². The first-order valence-corrected chi connectivity index (χ1v) is 6.18. The van der Waals surface area contributed by atoms with Crippen LogP contribution in [0.1, 0.15) is 6.92 Å². The zero-order valence-electron chi connectivity index (χ0n) is 10.8. The molecule has 1 aromatic carbocycles. The number of rotatable bonds is 6. The fourth-order valence-corrected chi connectivity index (χ4v) is 1.85. The lowest BCUT2D eigenvalue weighted by Gasteiger charge is -2.07. The van der Waals surface area contributed by atoms with Crippen LogP contribution < -0.4 is 0 Å². The lowest BCUT2D eigenvalue weighted by Crippen LogP contribution is -2.15. The van der Waals surface area contributed by atoms with Gasteiger partial charge in [-0.1, -0.05) is 0 Å². The first kappa shape index (κ1) is 13.5. The zero-order chi connectivity index (χ0) is 13.7. The largest absolute Gasteiger partial charge is 0.462 e. The fourth-order valence-electron chi connectivity index (χ4n) is 1.85. The minimum Gasteiger partial charge on any atom is -0.462 e. The molecule has 19 heavy (non-hydrogen) atoms. The van der Waals surface area contributed by atoms with E-state index in [4.69, 9.17) is 9.47 Å². The molecule has 0 unspecified atom stereocenters. The van der Waals surface area contributed by atoms with Crippen LogP contribution in [0.25, 0.3) is 10.9 Å². The predicted octanol–water partition coefficient (Wildman–Crippen LogP) is 2.36. The Hall–Kier alpha value is -1.88. The molecule has 0 fully saturated rings. The summed E-state index contributed by atoms with van der Waals surface area (Å²) in [4.78, 5) is 11.6. The number of ether oxygens (including phenoxy) is 2. The molecule has 2 aromatic rings. The Bertz CT molecular complexity index is 565. The minimum atomic E-state index is -0.332. The second-order valence-electron chi connectivity index (χ2n) is 4.06. The average Bonchev–Trinajstić information content (AvgIpc) is 2.77. The van der Waals surface area contributed by atoms with Crippen molar-refractivity contribution in [3.8, 4) is 0 Å². The molecule has 0 aliphatic rings. The van der Waals surface area contributed by atoms with Gasteiger partial charge in [-0.25, -0.2) is 4.39 Å². The third kappa shape index (κ3) is 3.54. The fraction of sp³-hybridized carbons (Fsp3) is 0.357. The van der Waals surface area contributed by atoms with Crippen molar-refractivity contribution in [2.75, 3.05) is 19.8 Å². The standard InChI is InChI=1S/C14H16FNO3/c1-2-18-7-8-19-14(17)10-16-6-5-11-9-12(15)3-4-13(11)16/h3-6,9H,2,7-8,10H2,1H3. The summed E-state index contributed by atoms with van der Waals surface area (Å²) in [5, 5.41) is 0.766.